The van der Waals surface area contributed by atoms with Crippen molar-refractivity contribution in [2.75, 3.05) is 0 Å². The molecule has 0 saturated heterocycles. The van der Waals surface area contributed by atoms with Crippen LogP contribution in [0.3, 0.4) is 0 Å². The summed E-state index contributed by atoms with van der Waals surface area (Å²) in [7, 11) is -3.42. The van der Waals surface area contributed by atoms with Crippen LogP contribution in [-0.4, -0.2) is 20.4 Å². The van der Waals surface area contributed by atoms with Gasteiger partial charge in [-0.3, -0.25) is 4.79 Å². The van der Waals surface area contributed by atoms with Crippen molar-refractivity contribution >= 4 is 22.0 Å². The first kappa shape index (κ1) is 19.0. The number of hydrogen-bond donors (Lipinski definition) is 2. The molecule has 1 amide bonds. The molecular formula is C18H22N2O4S. The Morgan fingerprint density at radius 3 is 2.52 bits per heavy atom. The zero-order valence-corrected chi connectivity index (χ0v) is 15.0. The summed E-state index contributed by atoms with van der Waals surface area (Å²) in [5, 5.41) is 2.75. The van der Waals surface area contributed by atoms with Gasteiger partial charge in [0.2, 0.25) is 15.9 Å². The fourth-order valence-corrected chi connectivity index (χ4v) is 3.75. The van der Waals surface area contributed by atoms with Crippen LogP contribution < -0.4 is 10.0 Å². The molecular weight excluding hydrogens is 340 g/mol. The minimum Gasteiger partial charge on any atom is -0.465 e. The first-order chi connectivity index (χ1) is 11.9. The maximum atomic E-state index is 12.1. The van der Waals surface area contributed by atoms with Gasteiger partial charge in [0.25, 0.3) is 0 Å². The Bertz CT molecular complexity index is 825. The number of hydrogen-bond acceptors (Lipinski definition) is 4. The molecule has 0 aliphatic heterocycles. The normalized spacial score (nSPS) is 12.0. The van der Waals surface area contributed by atoms with Crippen molar-refractivity contribution in [3.63, 3.8) is 0 Å². The van der Waals surface area contributed by atoms with Gasteiger partial charge in [-0.1, -0.05) is 24.3 Å². The van der Waals surface area contributed by atoms with Crippen LogP contribution in [-0.2, 0) is 27.1 Å². The first-order valence-corrected chi connectivity index (χ1v) is 9.57. The molecule has 134 valence electrons. The standard InChI is InChI=1S/C18H22N2O4S/c1-14(2)20-25(22,23)13-16-7-4-3-6-15(16)12-19-18(21)10-9-17-8-5-11-24-17/h3-11,14,20H,12-13H2,1-2H3,(H,19,21)/b10-9+. The molecule has 1 aromatic heterocycles. The average Bonchev–Trinajstić information content (AvgIpc) is 3.04. The van der Waals surface area contributed by atoms with E-state index in [2.05, 4.69) is 10.0 Å². The topological polar surface area (TPSA) is 88.4 Å². The van der Waals surface area contributed by atoms with Crippen LogP contribution >= 0.6 is 0 Å². The fourth-order valence-electron chi connectivity index (χ4n) is 2.26. The zero-order chi connectivity index (χ0) is 18.3. The Morgan fingerprint density at radius 2 is 1.88 bits per heavy atom. The van der Waals surface area contributed by atoms with E-state index in [4.69, 9.17) is 4.42 Å². The van der Waals surface area contributed by atoms with Crippen LogP contribution in [0, 0.1) is 0 Å². The summed E-state index contributed by atoms with van der Waals surface area (Å²) in [6.07, 6.45) is 4.47. The van der Waals surface area contributed by atoms with E-state index in [1.54, 1.807) is 50.3 Å². The minimum absolute atomic E-state index is 0.126. The summed E-state index contributed by atoms with van der Waals surface area (Å²) in [5.74, 6) is 0.176. The number of nitrogens with one attached hydrogen (secondary N) is 2. The lowest BCUT2D eigenvalue weighted by Crippen LogP contribution is -2.31. The first-order valence-electron chi connectivity index (χ1n) is 7.92. The second-order valence-electron chi connectivity index (χ2n) is 5.87. The Hall–Kier alpha value is -2.38. The van der Waals surface area contributed by atoms with Gasteiger partial charge >= 0.3 is 0 Å². The number of amides is 1. The van der Waals surface area contributed by atoms with Crippen molar-refractivity contribution in [3.05, 3.63) is 65.6 Å². The summed E-state index contributed by atoms with van der Waals surface area (Å²) in [6, 6.07) is 10.5. The largest absolute Gasteiger partial charge is 0.465 e. The summed E-state index contributed by atoms with van der Waals surface area (Å²) < 4.78 is 31.9. The van der Waals surface area contributed by atoms with E-state index >= 15 is 0 Å². The summed E-state index contributed by atoms with van der Waals surface area (Å²) in [5.41, 5.74) is 1.42. The molecule has 0 fully saturated rings. The average molecular weight is 362 g/mol. The molecule has 1 aromatic carbocycles. The van der Waals surface area contributed by atoms with E-state index in [0.717, 1.165) is 5.56 Å². The Balaban J connectivity index is 1.99. The molecule has 0 saturated carbocycles. The molecule has 6 nitrogen and oxygen atoms in total. The van der Waals surface area contributed by atoms with Crippen LogP contribution in [0.1, 0.15) is 30.7 Å². The highest BCUT2D eigenvalue weighted by Gasteiger charge is 2.15. The van der Waals surface area contributed by atoms with Crippen LogP contribution in [0.25, 0.3) is 6.08 Å². The van der Waals surface area contributed by atoms with E-state index in [0.29, 0.717) is 11.3 Å². The maximum absolute atomic E-state index is 12.1. The number of furan rings is 1. The number of benzene rings is 1. The third-order valence-electron chi connectivity index (χ3n) is 3.27. The van der Waals surface area contributed by atoms with Crippen LogP contribution in [0.4, 0.5) is 0 Å². The number of carbonyl (C=O) groups excluding carboxylic acids is 1. The zero-order valence-electron chi connectivity index (χ0n) is 14.2. The lowest BCUT2D eigenvalue weighted by Gasteiger charge is -2.13. The second-order valence-corrected chi connectivity index (χ2v) is 7.62. The lowest BCUT2D eigenvalue weighted by molar-refractivity contribution is -0.116. The van der Waals surface area contributed by atoms with Gasteiger partial charge in [0.05, 0.1) is 12.0 Å². The molecule has 7 heteroatoms. The fraction of sp³-hybridized carbons (Fsp3) is 0.278. The number of sulfonamides is 1. The molecule has 0 spiro atoms. The Kier molecular flexibility index (Phi) is 6.55. The molecule has 2 aromatic rings. The highest BCUT2D eigenvalue weighted by Crippen LogP contribution is 2.12. The molecule has 0 bridgehead atoms. The van der Waals surface area contributed by atoms with Gasteiger partial charge in [-0.15, -0.1) is 0 Å². The van der Waals surface area contributed by atoms with Gasteiger partial charge in [0.1, 0.15) is 5.76 Å². The molecule has 0 aliphatic carbocycles. The molecule has 25 heavy (non-hydrogen) atoms. The molecule has 1 heterocycles. The molecule has 2 N–H and O–H groups in total. The van der Waals surface area contributed by atoms with Gasteiger partial charge in [-0.2, -0.15) is 0 Å². The molecule has 2 rings (SSSR count). The monoisotopic (exact) mass is 362 g/mol. The van der Waals surface area contributed by atoms with Gasteiger partial charge < -0.3 is 9.73 Å². The van der Waals surface area contributed by atoms with Gasteiger partial charge in [0, 0.05) is 18.7 Å². The predicted molar refractivity (Wildman–Crippen MR) is 96.9 cm³/mol. The second kappa shape index (κ2) is 8.64. The van der Waals surface area contributed by atoms with Crippen molar-refractivity contribution in [1.82, 2.24) is 10.0 Å². The smallest absolute Gasteiger partial charge is 0.244 e. The SMILES string of the molecule is CC(C)NS(=O)(=O)Cc1ccccc1CNC(=O)/C=C/c1ccco1. The quantitative estimate of drug-likeness (QED) is 0.706. The van der Waals surface area contributed by atoms with Gasteiger partial charge in [-0.25, -0.2) is 13.1 Å². The minimum atomic E-state index is -3.42. The van der Waals surface area contributed by atoms with Crippen molar-refractivity contribution in [2.45, 2.75) is 32.2 Å². The maximum Gasteiger partial charge on any atom is 0.244 e. The van der Waals surface area contributed by atoms with Gasteiger partial charge in [0.15, 0.2) is 0 Å². The van der Waals surface area contributed by atoms with Crippen LogP contribution in [0.5, 0.6) is 0 Å². The van der Waals surface area contributed by atoms with Crippen molar-refractivity contribution in [3.8, 4) is 0 Å². The van der Waals surface area contributed by atoms with E-state index in [1.165, 1.54) is 12.3 Å². The summed E-state index contributed by atoms with van der Waals surface area (Å²) >= 11 is 0. The number of carbonyl (C=O) groups is 1. The third-order valence-corrected chi connectivity index (χ3v) is 4.80. The summed E-state index contributed by atoms with van der Waals surface area (Å²) in [4.78, 5) is 11.9. The molecule has 0 radical (unpaired) electrons. The predicted octanol–water partition coefficient (Wildman–Crippen LogP) is 2.44. The highest BCUT2D eigenvalue weighted by molar-refractivity contribution is 7.88. The van der Waals surface area contributed by atoms with Crippen molar-refractivity contribution in [2.24, 2.45) is 0 Å². The molecule has 0 aliphatic rings. The van der Waals surface area contributed by atoms with Crippen molar-refractivity contribution in [1.29, 1.82) is 0 Å². The Morgan fingerprint density at radius 1 is 1.16 bits per heavy atom. The third kappa shape index (κ3) is 6.56. The van der Waals surface area contributed by atoms with E-state index in [-0.39, 0.29) is 24.2 Å². The number of rotatable bonds is 8. The van der Waals surface area contributed by atoms with E-state index in [9.17, 15) is 13.2 Å². The summed E-state index contributed by atoms with van der Waals surface area (Å²) in [6.45, 7) is 3.79. The molecule has 0 unspecified atom stereocenters. The lowest BCUT2D eigenvalue weighted by atomic mass is 10.1. The van der Waals surface area contributed by atoms with Crippen LogP contribution in [0.2, 0.25) is 0 Å². The van der Waals surface area contributed by atoms with E-state index in [1.807, 2.05) is 6.07 Å². The highest BCUT2D eigenvalue weighted by atomic mass is 32.2. The Labute approximate surface area is 148 Å². The van der Waals surface area contributed by atoms with Crippen LogP contribution in [0.15, 0.2) is 53.2 Å². The molecule has 0 atom stereocenters. The van der Waals surface area contributed by atoms with Crippen molar-refractivity contribution < 1.29 is 17.6 Å². The van der Waals surface area contributed by atoms with Gasteiger partial charge in [-0.05, 0) is 43.2 Å². The van der Waals surface area contributed by atoms with E-state index < -0.39 is 10.0 Å².